The Hall–Kier alpha value is -1.12. The van der Waals surface area contributed by atoms with Crippen molar-refractivity contribution in [2.45, 2.75) is 26.3 Å². The predicted molar refractivity (Wildman–Crippen MR) is 77.9 cm³/mol. The van der Waals surface area contributed by atoms with Crippen molar-refractivity contribution in [2.75, 3.05) is 26.2 Å². The molecule has 1 aromatic rings. The number of nitrogens with zero attached hydrogens (tertiary/aromatic N) is 1. The fraction of sp³-hybridized carbons (Fsp3) is 0.500. The minimum absolute atomic E-state index is 0.490. The van der Waals surface area contributed by atoms with Gasteiger partial charge in [0.2, 0.25) is 0 Å². The van der Waals surface area contributed by atoms with Gasteiger partial charge >= 0.3 is 0 Å². The maximum absolute atomic E-state index is 3.92. The van der Waals surface area contributed by atoms with Gasteiger partial charge in [0.1, 0.15) is 0 Å². The third-order valence-corrected chi connectivity index (χ3v) is 3.90. The van der Waals surface area contributed by atoms with Crippen LogP contribution < -0.4 is 5.32 Å². The first-order chi connectivity index (χ1) is 8.72. The topological polar surface area (TPSA) is 15.3 Å². The van der Waals surface area contributed by atoms with Crippen LogP contribution in [0.15, 0.2) is 30.9 Å². The Morgan fingerprint density at radius 1 is 1.28 bits per heavy atom. The highest BCUT2D eigenvalue weighted by molar-refractivity contribution is 5.32. The minimum Gasteiger partial charge on any atom is -0.314 e. The van der Waals surface area contributed by atoms with Crippen LogP contribution in [0.3, 0.4) is 0 Å². The molecule has 0 aliphatic carbocycles. The zero-order chi connectivity index (χ0) is 13.0. The van der Waals surface area contributed by atoms with Gasteiger partial charge in [-0.2, -0.15) is 0 Å². The van der Waals surface area contributed by atoms with Crippen molar-refractivity contribution < 1.29 is 0 Å². The zero-order valence-corrected chi connectivity index (χ0v) is 11.6. The lowest BCUT2D eigenvalue weighted by atomic mass is 9.97. The van der Waals surface area contributed by atoms with Crippen molar-refractivity contribution in [3.8, 4) is 0 Å². The third-order valence-electron chi connectivity index (χ3n) is 3.90. The van der Waals surface area contributed by atoms with Crippen molar-refractivity contribution in [1.29, 1.82) is 0 Å². The number of nitrogens with one attached hydrogen (secondary N) is 1. The van der Waals surface area contributed by atoms with Gasteiger partial charge in [0.25, 0.3) is 0 Å². The van der Waals surface area contributed by atoms with Crippen molar-refractivity contribution >= 4 is 0 Å². The molecule has 2 nitrogen and oxygen atoms in total. The minimum atomic E-state index is 0.490. The van der Waals surface area contributed by atoms with E-state index >= 15 is 0 Å². The maximum atomic E-state index is 3.92. The highest BCUT2D eigenvalue weighted by atomic mass is 15.2. The normalized spacial score (nSPS) is 18.6. The first-order valence-electron chi connectivity index (χ1n) is 6.85. The van der Waals surface area contributed by atoms with Gasteiger partial charge in [-0.25, -0.2) is 0 Å². The summed E-state index contributed by atoms with van der Waals surface area (Å²) >= 11 is 0. The molecule has 0 spiro atoms. The van der Waals surface area contributed by atoms with Crippen LogP contribution in [-0.4, -0.2) is 31.1 Å². The van der Waals surface area contributed by atoms with E-state index in [1.165, 1.54) is 16.7 Å². The Balaban J connectivity index is 2.22. The summed E-state index contributed by atoms with van der Waals surface area (Å²) < 4.78 is 0. The average Bonchev–Trinajstić information content (AvgIpc) is 2.40. The molecule has 1 aromatic carbocycles. The van der Waals surface area contributed by atoms with Gasteiger partial charge in [0.15, 0.2) is 0 Å². The van der Waals surface area contributed by atoms with Crippen LogP contribution in [-0.2, 0) is 0 Å². The van der Waals surface area contributed by atoms with Crippen molar-refractivity contribution in [3.63, 3.8) is 0 Å². The lowest BCUT2D eigenvalue weighted by molar-refractivity contribution is 0.174. The summed E-state index contributed by atoms with van der Waals surface area (Å²) in [5.74, 6) is 0. The SMILES string of the molecule is C=CC[C@@H](c1ccc(C)c(C)c1)N1CCNCC1. The van der Waals surface area contributed by atoms with Gasteiger partial charge in [0.05, 0.1) is 0 Å². The number of hydrogen-bond donors (Lipinski definition) is 1. The first-order valence-corrected chi connectivity index (χ1v) is 6.85. The monoisotopic (exact) mass is 244 g/mol. The van der Waals surface area contributed by atoms with Gasteiger partial charge in [-0.1, -0.05) is 24.3 Å². The van der Waals surface area contributed by atoms with E-state index in [0.717, 1.165) is 32.6 Å². The molecule has 0 radical (unpaired) electrons. The summed E-state index contributed by atoms with van der Waals surface area (Å²) in [7, 11) is 0. The molecule has 1 atom stereocenters. The van der Waals surface area contributed by atoms with E-state index < -0.39 is 0 Å². The third kappa shape index (κ3) is 3.01. The number of piperazine rings is 1. The second-order valence-electron chi connectivity index (χ2n) is 5.17. The van der Waals surface area contributed by atoms with Crippen molar-refractivity contribution in [2.24, 2.45) is 0 Å². The summed E-state index contributed by atoms with van der Waals surface area (Å²) in [6, 6.07) is 7.34. The highest BCUT2D eigenvalue weighted by Crippen LogP contribution is 2.26. The van der Waals surface area contributed by atoms with E-state index in [4.69, 9.17) is 0 Å². The van der Waals surface area contributed by atoms with E-state index in [-0.39, 0.29) is 0 Å². The molecule has 1 aliphatic rings. The standard InChI is InChI=1S/C16H24N2/c1-4-5-16(18-10-8-17-9-11-18)15-7-6-13(2)14(3)12-15/h4,6-7,12,16-17H,1,5,8-11H2,2-3H3/t16-/m0/s1. The second-order valence-corrected chi connectivity index (χ2v) is 5.17. The molecule has 98 valence electrons. The van der Waals surface area contributed by atoms with E-state index in [2.05, 4.69) is 48.8 Å². The smallest absolute Gasteiger partial charge is 0.0383 e. The molecular weight excluding hydrogens is 220 g/mol. The first kappa shape index (κ1) is 13.3. The Morgan fingerprint density at radius 2 is 2.00 bits per heavy atom. The Morgan fingerprint density at radius 3 is 2.61 bits per heavy atom. The van der Waals surface area contributed by atoms with Crippen LogP contribution in [0, 0.1) is 13.8 Å². The predicted octanol–water partition coefficient (Wildman–Crippen LogP) is 2.83. The van der Waals surface area contributed by atoms with Crippen LogP contribution in [0.4, 0.5) is 0 Å². The van der Waals surface area contributed by atoms with Gasteiger partial charge in [-0.05, 0) is 37.0 Å². The van der Waals surface area contributed by atoms with Crippen LogP contribution in [0.25, 0.3) is 0 Å². The molecule has 0 saturated carbocycles. The number of rotatable bonds is 4. The summed E-state index contributed by atoms with van der Waals surface area (Å²) in [4.78, 5) is 2.57. The molecular formula is C16H24N2. The Kier molecular flexibility index (Phi) is 4.56. The average molecular weight is 244 g/mol. The quantitative estimate of drug-likeness (QED) is 0.819. The van der Waals surface area contributed by atoms with Gasteiger partial charge < -0.3 is 5.32 Å². The molecule has 0 bridgehead atoms. The summed E-state index contributed by atoms with van der Waals surface area (Å²) in [5.41, 5.74) is 4.19. The number of aryl methyl sites for hydroxylation is 2. The van der Waals surface area contributed by atoms with Crippen molar-refractivity contribution in [3.05, 3.63) is 47.5 Å². The summed E-state index contributed by atoms with van der Waals surface area (Å²) in [5, 5.41) is 3.42. The number of hydrogen-bond acceptors (Lipinski definition) is 2. The largest absolute Gasteiger partial charge is 0.314 e. The Labute approximate surface area is 111 Å². The van der Waals surface area contributed by atoms with Crippen LogP contribution >= 0.6 is 0 Å². The lowest BCUT2D eigenvalue weighted by Crippen LogP contribution is -2.45. The fourth-order valence-electron chi connectivity index (χ4n) is 2.62. The highest BCUT2D eigenvalue weighted by Gasteiger charge is 2.21. The van der Waals surface area contributed by atoms with E-state index in [9.17, 15) is 0 Å². The maximum Gasteiger partial charge on any atom is 0.0383 e. The van der Waals surface area contributed by atoms with E-state index in [1.807, 2.05) is 6.08 Å². The van der Waals surface area contributed by atoms with Crippen LogP contribution in [0.1, 0.15) is 29.2 Å². The molecule has 0 amide bonds. The second kappa shape index (κ2) is 6.17. The van der Waals surface area contributed by atoms with Crippen molar-refractivity contribution in [1.82, 2.24) is 10.2 Å². The summed E-state index contributed by atoms with van der Waals surface area (Å²) in [6.07, 6.45) is 3.07. The lowest BCUT2D eigenvalue weighted by Gasteiger charge is -2.35. The molecule has 1 heterocycles. The molecule has 2 heteroatoms. The molecule has 1 saturated heterocycles. The van der Waals surface area contributed by atoms with Gasteiger partial charge in [-0.3, -0.25) is 4.90 Å². The molecule has 1 N–H and O–H groups in total. The molecule has 1 aliphatic heterocycles. The molecule has 1 fully saturated rings. The summed E-state index contributed by atoms with van der Waals surface area (Å²) in [6.45, 7) is 12.7. The zero-order valence-electron chi connectivity index (χ0n) is 11.6. The molecule has 0 aromatic heterocycles. The molecule has 2 rings (SSSR count). The fourth-order valence-corrected chi connectivity index (χ4v) is 2.62. The van der Waals surface area contributed by atoms with Crippen LogP contribution in [0.2, 0.25) is 0 Å². The van der Waals surface area contributed by atoms with Crippen LogP contribution in [0.5, 0.6) is 0 Å². The molecule has 18 heavy (non-hydrogen) atoms. The van der Waals surface area contributed by atoms with E-state index in [0.29, 0.717) is 6.04 Å². The Bertz CT molecular complexity index is 406. The number of benzene rings is 1. The molecule has 0 unspecified atom stereocenters. The van der Waals surface area contributed by atoms with E-state index in [1.54, 1.807) is 0 Å². The van der Waals surface area contributed by atoms with Gasteiger partial charge in [-0.15, -0.1) is 6.58 Å². The van der Waals surface area contributed by atoms with Gasteiger partial charge in [0, 0.05) is 32.2 Å².